The van der Waals surface area contributed by atoms with Gasteiger partial charge in [-0.3, -0.25) is 4.79 Å². The number of sulfone groups is 1. The number of carbonyl (C=O) groups excluding carboxylic acids is 1. The van der Waals surface area contributed by atoms with Gasteiger partial charge in [0.05, 0.1) is 5.00 Å². The van der Waals surface area contributed by atoms with Gasteiger partial charge in [0.25, 0.3) is 0 Å². The Hall–Kier alpha value is -1.41. The minimum absolute atomic E-state index is 0.0717. The van der Waals surface area contributed by atoms with Crippen molar-refractivity contribution in [3.05, 3.63) is 17.0 Å². The monoisotopic (exact) mass is 291 g/mol. The van der Waals surface area contributed by atoms with Gasteiger partial charge in [-0.25, -0.2) is 13.2 Å². The average Bonchev–Trinajstić information content (AvgIpc) is 2.64. The standard InChI is InChI=1S/C10H13NO5S2/c1-10(2,18(3,15)16)9(14)11-7-5-4-6(17-7)8(12)13/h4-5H,1-3H3,(H,11,14)(H,12,13). The molecule has 0 unspecified atom stereocenters. The Balaban J connectivity index is 2.91. The summed E-state index contributed by atoms with van der Waals surface area (Å²) in [5.74, 6) is -1.79. The van der Waals surface area contributed by atoms with E-state index in [0.717, 1.165) is 17.6 Å². The Kier molecular flexibility index (Phi) is 3.82. The van der Waals surface area contributed by atoms with Gasteiger partial charge in [-0.2, -0.15) is 0 Å². The summed E-state index contributed by atoms with van der Waals surface area (Å²) < 4.78 is 21.3. The third-order valence-electron chi connectivity index (χ3n) is 2.53. The topological polar surface area (TPSA) is 101 Å². The molecule has 0 saturated carbocycles. The molecular weight excluding hydrogens is 278 g/mol. The Morgan fingerprint density at radius 2 is 1.89 bits per heavy atom. The van der Waals surface area contributed by atoms with E-state index in [1.807, 2.05) is 0 Å². The van der Waals surface area contributed by atoms with Gasteiger partial charge in [-0.1, -0.05) is 0 Å². The fourth-order valence-corrected chi connectivity index (χ4v) is 2.08. The number of carbonyl (C=O) groups is 2. The van der Waals surface area contributed by atoms with Crippen molar-refractivity contribution in [2.45, 2.75) is 18.6 Å². The van der Waals surface area contributed by atoms with Crippen molar-refractivity contribution in [2.24, 2.45) is 0 Å². The van der Waals surface area contributed by atoms with Gasteiger partial charge in [0, 0.05) is 6.26 Å². The predicted molar refractivity (Wildman–Crippen MR) is 68.8 cm³/mol. The highest BCUT2D eigenvalue weighted by molar-refractivity contribution is 7.92. The summed E-state index contributed by atoms with van der Waals surface area (Å²) in [4.78, 5) is 22.6. The first kappa shape index (κ1) is 14.7. The van der Waals surface area contributed by atoms with Crippen LogP contribution in [0, 0.1) is 0 Å². The molecule has 1 aromatic rings. The minimum Gasteiger partial charge on any atom is -0.477 e. The summed E-state index contributed by atoms with van der Waals surface area (Å²) in [6.07, 6.45) is 0.976. The normalized spacial score (nSPS) is 12.2. The second kappa shape index (κ2) is 4.69. The molecule has 0 aliphatic heterocycles. The van der Waals surface area contributed by atoms with Gasteiger partial charge in [-0.15, -0.1) is 11.3 Å². The third kappa shape index (κ3) is 2.88. The van der Waals surface area contributed by atoms with Crippen LogP contribution in [0.4, 0.5) is 5.00 Å². The second-order valence-corrected chi connectivity index (χ2v) is 7.85. The van der Waals surface area contributed by atoms with Crippen LogP contribution in [-0.2, 0) is 14.6 Å². The highest BCUT2D eigenvalue weighted by Gasteiger charge is 2.38. The molecule has 18 heavy (non-hydrogen) atoms. The highest BCUT2D eigenvalue weighted by atomic mass is 32.2. The first-order chi connectivity index (χ1) is 8.05. The number of thiophene rings is 1. The molecule has 0 fully saturated rings. The largest absolute Gasteiger partial charge is 0.477 e. The fourth-order valence-electron chi connectivity index (χ4n) is 0.951. The zero-order chi connectivity index (χ0) is 14.1. The van der Waals surface area contributed by atoms with E-state index in [4.69, 9.17) is 5.11 Å². The van der Waals surface area contributed by atoms with E-state index in [9.17, 15) is 18.0 Å². The molecule has 1 aromatic heterocycles. The first-order valence-electron chi connectivity index (χ1n) is 4.90. The van der Waals surface area contributed by atoms with Gasteiger partial charge >= 0.3 is 5.97 Å². The van der Waals surface area contributed by atoms with Crippen molar-refractivity contribution >= 4 is 38.1 Å². The van der Waals surface area contributed by atoms with Crippen LogP contribution in [0.25, 0.3) is 0 Å². The smallest absolute Gasteiger partial charge is 0.345 e. The molecule has 0 bridgehead atoms. The molecule has 6 nitrogen and oxygen atoms in total. The molecule has 0 aliphatic carbocycles. The van der Waals surface area contributed by atoms with Crippen molar-refractivity contribution in [1.82, 2.24) is 0 Å². The van der Waals surface area contributed by atoms with Crippen molar-refractivity contribution in [3.8, 4) is 0 Å². The maximum absolute atomic E-state index is 11.8. The van der Waals surface area contributed by atoms with Gasteiger partial charge in [0.1, 0.15) is 9.62 Å². The van der Waals surface area contributed by atoms with Crippen molar-refractivity contribution in [1.29, 1.82) is 0 Å². The molecule has 0 spiro atoms. The maximum Gasteiger partial charge on any atom is 0.345 e. The number of carboxylic acids is 1. The quantitative estimate of drug-likeness (QED) is 0.868. The number of hydrogen-bond acceptors (Lipinski definition) is 5. The van der Waals surface area contributed by atoms with Crippen LogP contribution in [0.1, 0.15) is 23.5 Å². The lowest BCUT2D eigenvalue weighted by Crippen LogP contribution is -2.43. The lowest BCUT2D eigenvalue weighted by molar-refractivity contribution is -0.117. The van der Waals surface area contributed by atoms with Gasteiger partial charge in [0.2, 0.25) is 5.91 Å². The van der Waals surface area contributed by atoms with Crippen molar-refractivity contribution < 1.29 is 23.1 Å². The maximum atomic E-state index is 11.8. The zero-order valence-corrected chi connectivity index (χ0v) is 11.7. The van der Waals surface area contributed by atoms with Crippen molar-refractivity contribution in [2.75, 3.05) is 11.6 Å². The highest BCUT2D eigenvalue weighted by Crippen LogP contribution is 2.24. The third-order valence-corrected chi connectivity index (χ3v) is 5.56. The molecule has 0 saturated heterocycles. The number of rotatable bonds is 4. The Bertz CT molecular complexity index is 585. The lowest BCUT2D eigenvalue weighted by atomic mass is 10.2. The molecule has 0 atom stereocenters. The Morgan fingerprint density at radius 1 is 1.33 bits per heavy atom. The second-order valence-electron chi connectivity index (χ2n) is 4.21. The van der Waals surface area contributed by atoms with E-state index in [-0.39, 0.29) is 4.88 Å². The van der Waals surface area contributed by atoms with E-state index in [2.05, 4.69) is 5.32 Å². The first-order valence-corrected chi connectivity index (χ1v) is 7.60. The molecule has 1 amide bonds. The molecule has 0 aliphatic rings. The zero-order valence-electron chi connectivity index (χ0n) is 10.1. The molecular formula is C10H13NO5S2. The van der Waals surface area contributed by atoms with E-state index in [1.165, 1.54) is 26.0 Å². The summed E-state index contributed by atoms with van der Waals surface area (Å²) >= 11 is 0.870. The number of carboxylic acid groups (broad SMARTS) is 1. The van der Waals surface area contributed by atoms with Crippen molar-refractivity contribution in [3.63, 3.8) is 0 Å². The SMILES string of the molecule is CC(C)(C(=O)Nc1ccc(C(=O)O)s1)S(C)(=O)=O. The summed E-state index contributed by atoms with van der Waals surface area (Å²) in [7, 11) is -3.55. The summed E-state index contributed by atoms with van der Waals surface area (Å²) in [5.41, 5.74) is 0. The summed E-state index contributed by atoms with van der Waals surface area (Å²) in [6.45, 7) is 2.59. The van der Waals surface area contributed by atoms with E-state index >= 15 is 0 Å². The minimum atomic E-state index is -3.55. The molecule has 100 valence electrons. The number of nitrogens with one attached hydrogen (secondary N) is 1. The molecule has 8 heteroatoms. The molecule has 1 rings (SSSR count). The van der Waals surface area contributed by atoms with Crippen LogP contribution in [-0.4, -0.2) is 36.4 Å². The van der Waals surface area contributed by atoms with E-state index < -0.39 is 26.5 Å². The van der Waals surface area contributed by atoms with E-state index in [0.29, 0.717) is 5.00 Å². The number of aromatic carboxylic acids is 1. The predicted octanol–water partition coefficient (Wildman–Crippen LogP) is 1.21. The van der Waals surface area contributed by atoms with Crippen LogP contribution in [0.15, 0.2) is 12.1 Å². The summed E-state index contributed by atoms with van der Waals surface area (Å²) in [6, 6.07) is 2.76. The number of amides is 1. The van der Waals surface area contributed by atoms with Crippen LogP contribution >= 0.6 is 11.3 Å². The number of hydrogen-bond donors (Lipinski definition) is 2. The van der Waals surface area contributed by atoms with Gasteiger partial charge < -0.3 is 10.4 Å². The molecule has 1 heterocycles. The van der Waals surface area contributed by atoms with E-state index in [1.54, 1.807) is 0 Å². The van der Waals surface area contributed by atoms with Gasteiger partial charge in [0.15, 0.2) is 9.84 Å². The van der Waals surface area contributed by atoms with Crippen LogP contribution in [0.5, 0.6) is 0 Å². The lowest BCUT2D eigenvalue weighted by Gasteiger charge is -2.20. The average molecular weight is 291 g/mol. The molecule has 0 radical (unpaired) electrons. The van der Waals surface area contributed by atoms with Crippen LogP contribution in [0.2, 0.25) is 0 Å². The van der Waals surface area contributed by atoms with Crippen LogP contribution < -0.4 is 5.32 Å². The van der Waals surface area contributed by atoms with Crippen LogP contribution in [0.3, 0.4) is 0 Å². The fraction of sp³-hybridized carbons (Fsp3) is 0.400. The Morgan fingerprint density at radius 3 is 2.28 bits per heavy atom. The van der Waals surface area contributed by atoms with Gasteiger partial charge in [-0.05, 0) is 26.0 Å². The summed E-state index contributed by atoms with van der Waals surface area (Å²) in [5, 5.41) is 11.4. The molecule has 0 aromatic carbocycles. The molecule has 2 N–H and O–H groups in total. The number of anilines is 1. The Labute approximate surface area is 109 Å².